The molecule has 1 unspecified atom stereocenters. The van der Waals surface area contributed by atoms with Crippen LogP contribution in [-0.4, -0.2) is 70.3 Å². The van der Waals surface area contributed by atoms with Gasteiger partial charge in [-0.3, -0.25) is 4.79 Å². The molecule has 178 valence electrons. The number of fused-ring (bicyclic) bond motifs is 2. The number of carbonyl (C=O) groups excluding carboxylic acids is 1. The SMILES string of the molecule is COc1cc2c(cc1C)CC2CN(C)CCC(=O)N1CCc2cc(OC)c(OC)cc2CC1. The summed E-state index contributed by atoms with van der Waals surface area (Å²) in [6.07, 6.45) is 3.35. The van der Waals surface area contributed by atoms with E-state index in [9.17, 15) is 4.79 Å². The molecule has 6 nitrogen and oxygen atoms in total. The number of hydrogen-bond acceptors (Lipinski definition) is 5. The molecule has 1 heterocycles. The van der Waals surface area contributed by atoms with E-state index in [1.54, 1.807) is 21.3 Å². The van der Waals surface area contributed by atoms with Crippen molar-refractivity contribution in [2.45, 2.75) is 38.5 Å². The van der Waals surface area contributed by atoms with Gasteiger partial charge in [-0.1, -0.05) is 6.07 Å². The van der Waals surface area contributed by atoms with Crippen molar-refractivity contribution < 1.29 is 19.0 Å². The largest absolute Gasteiger partial charge is 0.496 e. The van der Waals surface area contributed by atoms with Gasteiger partial charge in [0.25, 0.3) is 0 Å². The fraction of sp³-hybridized carbons (Fsp3) is 0.519. The number of ether oxygens (including phenoxy) is 3. The summed E-state index contributed by atoms with van der Waals surface area (Å²) in [5, 5.41) is 0. The Bertz CT molecular complexity index is 985. The van der Waals surface area contributed by atoms with E-state index >= 15 is 0 Å². The summed E-state index contributed by atoms with van der Waals surface area (Å²) >= 11 is 0. The second-order valence-corrected chi connectivity index (χ2v) is 9.29. The first-order valence-corrected chi connectivity index (χ1v) is 11.8. The number of benzene rings is 2. The topological polar surface area (TPSA) is 51.2 Å². The van der Waals surface area contributed by atoms with Gasteiger partial charge >= 0.3 is 0 Å². The summed E-state index contributed by atoms with van der Waals surface area (Å²) < 4.78 is 16.4. The zero-order valence-corrected chi connectivity index (χ0v) is 20.6. The van der Waals surface area contributed by atoms with Gasteiger partial charge in [-0.05, 0) is 79.3 Å². The van der Waals surface area contributed by atoms with Gasteiger partial charge in [-0.25, -0.2) is 0 Å². The molecule has 33 heavy (non-hydrogen) atoms. The minimum absolute atomic E-state index is 0.236. The Morgan fingerprint density at radius 1 is 0.939 bits per heavy atom. The van der Waals surface area contributed by atoms with Gasteiger partial charge in [0.2, 0.25) is 5.91 Å². The van der Waals surface area contributed by atoms with E-state index in [0.29, 0.717) is 12.3 Å². The predicted octanol–water partition coefficient (Wildman–Crippen LogP) is 3.61. The van der Waals surface area contributed by atoms with Crippen molar-refractivity contribution in [3.63, 3.8) is 0 Å². The molecule has 2 aliphatic rings. The molecule has 6 heteroatoms. The summed E-state index contributed by atoms with van der Waals surface area (Å²) in [6.45, 7) is 5.34. The first kappa shape index (κ1) is 23.4. The quantitative estimate of drug-likeness (QED) is 0.613. The van der Waals surface area contributed by atoms with Crippen molar-refractivity contribution in [3.05, 3.63) is 52.1 Å². The van der Waals surface area contributed by atoms with Crippen LogP contribution >= 0.6 is 0 Å². The molecular formula is C27H36N2O4. The van der Waals surface area contributed by atoms with Crippen LogP contribution < -0.4 is 14.2 Å². The number of carbonyl (C=O) groups is 1. The van der Waals surface area contributed by atoms with Crippen LogP contribution in [0, 0.1) is 6.92 Å². The molecule has 0 radical (unpaired) electrons. The highest BCUT2D eigenvalue weighted by atomic mass is 16.5. The predicted molar refractivity (Wildman–Crippen MR) is 130 cm³/mol. The molecule has 4 rings (SSSR count). The molecular weight excluding hydrogens is 416 g/mol. The van der Waals surface area contributed by atoms with Gasteiger partial charge in [0.15, 0.2) is 11.5 Å². The van der Waals surface area contributed by atoms with Crippen LogP contribution in [0.15, 0.2) is 24.3 Å². The number of rotatable bonds is 8. The molecule has 1 atom stereocenters. The Hall–Kier alpha value is -2.73. The molecule has 0 fully saturated rings. The van der Waals surface area contributed by atoms with Gasteiger partial charge in [-0.2, -0.15) is 0 Å². The lowest BCUT2D eigenvalue weighted by Crippen LogP contribution is -2.37. The highest BCUT2D eigenvalue weighted by Crippen LogP contribution is 2.39. The summed E-state index contributed by atoms with van der Waals surface area (Å²) in [7, 11) is 7.17. The second kappa shape index (κ2) is 10.0. The fourth-order valence-electron chi connectivity index (χ4n) is 5.16. The van der Waals surface area contributed by atoms with Gasteiger partial charge in [0.05, 0.1) is 21.3 Å². The van der Waals surface area contributed by atoms with Gasteiger partial charge < -0.3 is 24.0 Å². The minimum atomic E-state index is 0.236. The maximum absolute atomic E-state index is 13.0. The van der Waals surface area contributed by atoms with Crippen molar-refractivity contribution >= 4 is 5.91 Å². The smallest absolute Gasteiger partial charge is 0.223 e. The van der Waals surface area contributed by atoms with Crippen LogP contribution in [0.3, 0.4) is 0 Å². The van der Waals surface area contributed by atoms with Crippen LogP contribution in [0.2, 0.25) is 0 Å². The fourth-order valence-corrected chi connectivity index (χ4v) is 5.16. The third-order valence-electron chi connectivity index (χ3n) is 7.16. The molecule has 0 bridgehead atoms. The second-order valence-electron chi connectivity index (χ2n) is 9.29. The van der Waals surface area contributed by atoms with Crippen molar-refractivity contribution in [1.29, 1.82) is 0 Å². The van der Waals surface area contributed by atoms with Crippen LogP contribution in [0.5, 0.6) is 17.2 Å². The standard InChI is InChI=1S/C27H36N2O4/c1-18-12-21-13-22(23(21)16-24(18)31-3)17-28(2)9-8-27(30)29-10-6-19-14-25(32-4)26(33-5)15-20(19)7-11-29/h12,14-16,22H,6-11,13,17H2,1-5H3. The van der Waals surface area contributed by atoms with E-state index in [0.717, 1.165) is 62.7 Å². The third kappa shape index (κ3) is 4.96. The molecule has 2 aromatic rings. The summed E-state index contributed by atoms with van der Waals surface area (Å²) in [5.74, 6) is 3.23. The number of amides is 1. The van der Waals surface area contributed by atoms with E-state index in [-0.39, 0.29) is 5.91 Å². The van der Waals surface area contributed by atoms with Crippen LogP contribution in [0.25, 0.3) is 0 Å². The molecule has 0 saturated heterocycles. The number of aryl methyl sites for hydroxylation is 1. The number of methoxy groups -OCH3 is 3. The van der Waals surface area contributed by atoms with Crippen LogP contribution in [0.4, 0.5) is 0 Å². The lowest BCUT2D eigenvalue weighted by molar-refractivity contribution is -0.131. The average Bonchev–Trinajstić information content (AvgIpc) is 3.02. The Kier molecular flexibility index (Phi) is 7.13. The highest BCUT2D eigenvalue weighted by Gasteiger charge is 2.29. The Labute approximate surface area is 197 Å². The summed E-state index contributed by atoms with van der Waals surface area (Å²) in [6, 6.07) is 8.55. The monoisotopic (exact) mass is 452 g/mol. The number of nitrogens with zero attached hydrogens (tertiary/aromatic N) is 2. The normalized spacial score (nSPS) is 17.0. The molecule has 0 spiro atoms. The Morgan fingerprint density at radius 3 is 2.12 bits per heavy atom. The average molecular weight is 453 g/mol. The number of hydrogen-bond donors (Lipinski definition) is 0. The molecule has 0 saturated carbocycles. The van der Waals surface area contributed by atoms with Gasteiger partial charge in [-0.15, -0.1) is 0 Å². The van der Waals surface area contributed by atoms with Crippen molar-refractivity contribution in [3.8, 4) is 17.2 Å². The van der Waals surface area contributed by atoms with Crippen molar-refractivity contribution in [2.24, 2.45) is 0 Å². The number of likely N-dealkylation sites (N-methyl/N-ethyl adjacent to an activating group) is 1. The molecule has 1 aliphatic carbocycles. The van der Waals surface area contributed by atoms with Gasteiger partial charge in [0, 0.05) is 38.5 Å². The zero-order chi connectivity index (χ0) is 23.5. The maximum Gasteiger partial charge on any atom is 0.223 e. The molecule has 0 N–H and O–H groups in total. The minimum Gasteiger partial charge on any atom is -0.496 e. The maximum atomic E-state index is 13.0. The van der Waals surface area contributed by atoms with E-state index in [2.05, 4.69) is 43.1 Å². The van der Waals surface area contributed by atoms with Gasteiger partial charge in [0.1, 0.15) is 5.75 Å². The first-order chi connectivity index (χ1) is 15.9. The molecule has 2 aromatic carbocycles. The highest BCUT2D eigenvalue weighted by molar-refractivity contribution is 5.76. The Morgan fingerprint density at radius 2 is 1.55 bits per heavy atom. The molecule has 0 aromatic heterocycles. The van der Waals surface area contributed by atoms with E-state index in [1.165, 1.54) is 27.8 Å². The van der Waals surface area contributed by atoms with Crippen LogP contribution in [0.1, 0.15) is 40.2 Å². The van der Waals surface area contributed by atoms with E-state index in [1.807, 2.05) is 4.90 Å². The van der Waals surface area contributed by atoms with E-state index in [4.69, 9.17) is 14.2 Å². The third-order valence-corrected chi connectivity index (χ3v) is 7.16. The summed E-state index contributed by atoms with van der Waals surface area (Å²) in [4.78, 5) is 17.3. The van der Waals surface area contributed by atoms with E-state index < -0.39 is 0 Å². The Balaban J connectivity index is 1.28. The van der Waals surface area contributed by atoms with Crippen molar-refractivity contribution in [1.82, 2.24) is 9.80 Å². The zero-order valence-electron chi connectivity index (χ0n) is 20.6. The van der Waals surface area contributed by atoms with Crippen molar-refractivity contribution in [2.75, 3.05) is 54.6 Å². The first-order valence-electron chi connectivity index (χ1n) is 11.8. The summed E-state index contributed by atoms with van der Waals surface area (Å²) in [5.41, 5.74) is 6.51. The molecule has 1 amide bonds. The molecule has 1 aliphatic heterocycles. The lowest BCUT2D eigenvalue weighted by Gasteiger charge is -2.34. The van der Waals surface area contributed by atoms with Crippen LogP contribution in [-0.2, 0) is 24.1 Å². The lowest BCUT2D eigenvalue weighted by atomic mass is 9.76.